The summed E-state index contributed by atoms with van der Waals surface area (Å²) in [5.74, 6) is -0.984. The smallest absolute Gasteiger partial charge is 0.328 e. The van der Waals surface area contributed by atoms with Gasteiger partial charge in [0.25, 0.3) is 0 Å². The molecule has 1 aromatic rings. The van der Waals surface area contributed by atoms with E-state index in [1.807, 2.05) is 33.8 Å². The zero-order valence-corrected chi connectivity index (χ0v) is 17.9. The van der Waals surface area contributed by atoms with Crippen LogP contribution in [-0.2, 0) is 24.3 Å². The molecule has 0 aromatic heterocycles. The largest absolute Gasteiger partial charge is 0.467 e. The van der Waals surface area contributed by atoms with Crippen LogP contribution >= 0.6 is 0 Å². The van der Waals surface area contributed by atoms with E-state index < -0.39 is 34.5 Å². The molecule has 2 N–H and O–H groups in total. The van der Waals surface area contributed by atoms with E-state index in [0.29, 0.717) is 17.5 Å². The van der Waals surface area contributed by atoms with Gasteiger partial charge < -0.3 is 10.1 Å². The summed E-state index contributed by atoms with van der Waals surface area (Å²) >= 11 is 0. The monoisotopic (exact) mass is 398 g/mol. The first-order valence-electron chi connectivity index (χ1n) is 8.85. The van der Waals surface area contributed by atoms with Crippen LogP contribution in [-0.4, -0.2) is 40.0 Å². The lowest BCUT2D eigenvalue weighted by Gasteiger charge is -2.19. The summed E-state index contributed by atoms with van der Waals surface area (Å²) in [6.45, 7) is 10.5. The standard InChI is InChI=1S/C19H30N2O5S/c1-11(2)8-16(19(23)26-7)21-17(22)10-20-27(24,25)18-14(5)12(3)9-13(4)15(18)6/h9,11,16,20H,8,10H2,1-7H3,(H,21,22). The molecule has 0 saturated heterocycles. The number of rotatable bonds is 8. The number of sulfonamides is 1. The summed E-state index contributed by atoms with van der Waals surface area (Å²) in [7, 11) is -2.63. The number of amides is 1. The molecule has 1 aromatic carbocycles. The van der Waals surface area contributed by atoms with E-state index in [1.54, 1.807) is 13.8 Å². The second kappa shape index (κ2) is 9.32. The number of carbonyl (C=O) groups is 2. The molecule has 1 rings (SSSR count). The van der Waals surface area contributed by atoms with Crippen molar-refractivity contribution in [1.29, 1.82) is 0 Å². The Morgan fingerprint density at radius 1 is 1.07 bits per heavy atom. The Bertz CT molecular complexity index is 790. The van der Waals surface area contributed by atoms with Crippen molar-refractivity contribution in [3.8, 4) is 0 Å². The van der Waals surface area contributed by atoms with E-state index >= 15 is 0 Å². The van der Waals surface area contributed by atoms with Gasteiger partial charge >= 0.3 is 5.97 Å². The molecule has 1 amide bonds. The normalized spacial score (nSPS) is 12.7. The second-order valence-corrected chi connectivity index (χ2v) is 8.89. The fraction of sp³-hybridized carbons (Fsp3) is 0.579. The molecule has 0 fully saturated rings. The van der Waals surface area contributed by atoms with Gasteiger partial charge in [0.2, 0.25) is 15.9 Å². The topological polar surface area (TPSA) is 102 Å². The van der Waals surface area contributed by atoms with Crippen LogP contribution in [0.3, 0.4) is 0 Å². The van der Waals surface area contributed by atoms with Gasteiger partial charge in [0.1, 0.15) is 6.04 Å². The van der Waals surface area contributed by atoms with Gasteiger partial charge in [-0.2, -0.15) is 0 Å². The molecule has 1 atom stereocenters. The van der Waals surface area contributed by atoms with E-state index in [0.717, 1.165) is 11.1 Å². The predicted octanol–water partition coefficient (Wildman–Crippen LogP) is 1.90. The summed E-state index contributed by atoms with van der Waals surface area (Å²) in [6.07, 6.45) is 0.403. The maximum absolute atomic E-state index is 12.8. The number of esters is 1. The van der Waals surface area contributed by atoms with Gasteiger partial charge in [-0.15, -0.1) is 0 Å². The number of ether oxygens (including phenoxy) is 1. The lowest BCUT2D eigenvalue weighted by atomic mass is 10.0. The van der Waals surface area contributed by atoms with Gasteiger partial charge in [0.05, 0.1) is 18.6 Å². The molecule has 0 heterocycles. The molecule has 0 spiro atoms. The maximum atomic E-state index is 12.8. The quantitative estimate of drug-likeness (QED) is 0.651. The highest BCUT2D eigenvalue weighted by molar-refractivity contribution is 7.89. The highest BCUT2D eigenvalue weighted by Crippen LogP contribution is 2.25. The first kappa shape index (κ1) is 23.1. The Morgan fingerprint density at radius 2 is 1.59 bits per heavy atom. The number of hydrogen-bond acceptors (Lipinski definition) is 5. The molecule has 0 aliphatic carbocycles. The molecule has 0 saturated carbocycles. The Morgan fingerprint density at radius 3 is 2.04 bits per heavy atom. The molecular formula is C19H30N2O5S. The zero-order chi connectivity index (χ0) is 20.9. The molecule has 7 nitrogen and oxygen atoms in total. The summed E-state index contributed by atoms with van der Waals surface area (Å²) in [4.78, 5) is 24.2. The third-order valence-corrected chi connectivity index (χ3v) is 6.19. The van der Waals surface area contributed by atoms with Crippen LogP contribution in [0.1, 0.15) is 42.5 Å². The van der Waals surface area contributed by atoms with Gasteiger partial charge in [0, 0.05) is 0 Å². The third kappa shape index (κ3) is 6.04. The highest BCUT2D eigenvalue weighted by Gasteiger charge is 2.25. The summed E-state index contributed by atoms with van der Waals surface area (Å²) in [5.41, 5.74) is 3.03. The zero-order valence-electron chi connectivity index (χ0n) is 17.1. The van der Waals surface area contributed by atoms with Gasteiger partial charge in [-0.1, -0.05) is 19.9 Å². The number of hydrogen-bond donors (Lipinski definition) is 2. The van der Waals surface area contributed by atoms with E-state index in [-0.39, 0.29) is 10.8 Å². The molecule has 0 bridgehead atoms. The van der Waals surface area contributed by atoms with Crippen LogP contribution in [0, 0.1) is 33.6 Å². The maximum Gasteiger partial charge on any atom is 0.328 e. The van der Waals surface area contributed by atoms with Gasteiger partial charge in [-0.3, -0.25) is 4.79 Å². The molecule has 0 aliphatic heterocycles. The average Bonchev–Trinajstić information content (AvgIpc) is 2.56. The first-order valence-corrected chi connectivity index (χ1v) is 10.3. The van der Waals surface area contributed by atoms with Crippen molar-refractivity contribution >= 4 is 21.9 Å². The van der Waals surface area contributed by atoms with Crippen molar-refractivity contribution < 1.29 is 22.7 Å². The van der Waals surface area contributed by atoms with E-state index in [1.165, 1.54) is 7.11 Å². The molecular weight excluding hydrogens is 368 g/mol. The van der Waals surface area contributed by atoms with Crippen LogP contribution in [0.4, 0.5) is 0 Å². The minimum atomic E-state index is -3.87. The Kier molecular flexibility index (Phi) is 7.98. The van der Waals surface area contributed by atoms with Gasteiger partial charge in [-0.25, -0.2) is 17.9 Å². The van der Waals surface area contributed by atoms with E-state index in [2.05, 4.69) is 10.0 Å². The molecule has 8 heteroatoms. The van der Waals surface area contributed by atoms with Crippen molar-refractivity contribution in [1.82, 2.24) is 10.0 Å². The van der Waals surface area contributed by atoms with Crippen molar-refractivity contribution in [3.63, 3.8) is 0 Å². The first-order chi connectivity index (χ1) is 12.4. The third-order valence-electron chi connectivity index (χ3n) is 4.52. The molecule has 0 aliphatic rings. The highest BCUT2D eigenvalue weighted by atomic mass is 32.2. The fourth-order valence-electron chi connectivity index (χ4n) is 2.89. The number of nitrogens with one attached hydrogen (secondary N) is 2. The second-order valence-electron chi connectivity index (χ2n) is 7.19. The van der Waals surface area contributed by atoms with Crippen LogP contribution in [0.2, 0.25) is 0 Å². The van der Waals surface area contributed by atoms with Crippen molar-refractivity contribution in [2.75, 3.05) is 13.7 Å². The van der Waals surface area contributed by atoms with E-state index in [4.69, 9.17) is 4.74 Å². The lowest BCUT2D eigenvalue weighted by Crippen LogP contribution is -2.46. The van der Waals surface area contributed by atoms with Crippen LogP contribution in [0.15, 0.2) is 11.0 Å². The minimum absolute atomic E-state index is 0.159. The summed E-state index contributed by atoms with van der Waals surface area (Å²) in [5, 5.41) is 2.53. The summed E-state index contributed by atoms with van der Waals surface area (Å²) in [6, 6.07) is 1.13. The van der Waals surface area contributed by atoms with Crippen LogP contribution in [0.25, 0.3) is 0 Å². The van der Waals surface area contributed by atoms with Crippen molar-refractivity contribution in [2.45, 2.75) is 58.9 Å². The fourth-order valence-corrected chi connectivity index (χ4v) is 4.48. The van der Waals surface area contributed by atoms with Crippen molar-refractivity contribution in [2.24, 2.45) is 5.92 Å². The minimum Gasteiger partial charge on any atom is -0.467 e. The van der Waals surface area contributed by atoms with Gasteiger partial charge in [-0.05, 0) is 62.3 Å². The Balaban J connectivity index is 2.94. The van der Waals surface area contributed by atoms with Crippen molar-refractivity contribution in [3.05, 3.63) is 28.3 Å². The molecule has 0 radical (unpaired) electrons. The van der Waals surface area contributed by atoms with Gasteiger partial charge in [0.15, 0.2) is 0 Å². The molecule has 1 unspecified atom stereocenters. The lowest BCUT2D eigenvalue weighted by molar-refractivity contribution is -0.145. The Labute approximate surface area is 161 Å². The Hall–Kier alpha value is -1.93. The molecule has 152 valence electrons. The van der Waals surface area contributed by atoms with E-state index in [9.17, 15) is 18.0 Å². The van der Waals surface area contributed by atoms with Crippen LogP contribution < -0.4 is 10.0 Å². The summed E-state index contributed by atoms with van der Waals surface area (Å²) < 4.78 is 32.5. The SMILES string of the molecule is COC(=O)C(CC(C)C)NC(=O)CNS(=O)(=O)c1c(C)c(C)cc(C)c1C. The number of methoxy groups -OCH3 is 1. The number of carbonyl (C=O) groups excluding carboxylic acids is 2. The molecule has 27 heavy (non-hydrogen) atoms. The van der Waals surface area contributed by atoms with Crippen LogP contribution in [0.5, 0.6) is 0 Å². The predicted molar refractivity (Wildman–Crippen MR) is 104 cm³/mol. The average molecular weight is 399 g/mol. The number of aryl methyl sites for hydroxylation is 2. The number of benzene rings is 1.